The van der Waals surface area contributed by atoms with E-state index < -0.39 is 9.84 Å². The van der Waals surface area contributed by atoms with Crippen LogP contribution in [-0.2, 0) is 14.6 Å². The summed E-state index contributed by atoms with van der Waals surface area (Å²) in [6.07, 6.45) is 4.95. The van der Waals surface area contributed by atoms with E-state index in [4.69, 9.17) is 4.74 Å². The Bertz CT molecular complexity index is 360. The minimum Gasteiger partial charge on any atom is -0.377 e. The Morgan fingerprint density at radius 3 is 2.47 bits per heavy atom. The lowest BCUT2D eigenvalue weighted by Gasteiger charge is -2.28. The average Bonchev–Trinajstić information content (AvgIpc) is 2.87. The quantitative estimate of drug-likeness (QED) is 0.746. The van der Waals surface area contributed by atoms with Crippen molar-refractivity contribution in [3.05, 3.63) is 0 Å². The highest BCUT2D eigenvalue weighted by molar-refractivity contribution is 9.09. The predicted molar refractivity (Wildman–Crippen MR) is 72.3 cm³/mol. The van der Waals surface area contributed by atoms with Gasteiger partial charge in [0.15, 0.2) is 9.84 Å². The molecule has 2 atom stereocenters. The Hall–Kier alpha value is 0.390. The van der Waals surface area contributed by atoms with Crippen molar-refractivity contribution in [2.24, 2.45) is 5.41 Å². The number of alkyl halides is 1. The summed E-state index contributed by atoms with van der Waals surface area (Å²) in [5.41, 5.74) is -0.0128. The number of hydrogen-bond acceptors (Lipinski definition) is 3. The van der Waals surface area contributed by atoms with E-state index in [-0.39, 0.29) is 16.8 Å². The molecular formula is C12H21BrO3S. The second-order valence-electron chi connectivity index (χ2n) is 5.55. The topological polar surface area (TPSA) is 43.4 Å². The summed E-state index contributed by atoms with van der Waals surface area (Å²) in [6.45, 7) is 2.47. The highest BCUT2D eigenvalue weighted by Gasteiger charge is 2.43. The lowest BCUT2D eigenvalue weighted by atomic mass is 9.92. The number of hydrogen-bond donors (Lipinski definition) is 0. The molecule has 2 unspecified atom stereocenters. The van der Waals surface area contributed by atoms with E-state index in [0.717, 1.165) is 31.0 Å². The van der Waals surface area contributed by atoms with Gasteiger partial charge < -0.3 is 4.74 Å². The van der Waals surface area contributed by atoms with E-state index in [2.05, 4.69) is 15.9 Å². The molecule has 0 aromatic heterocycles. The molecule has 0 spiro atoms. The Morgan fingerprint density at radius 2 is 2.00 bits per heavy atom. The first kappa shape index (κ1) is 13.8. The van der Waals surface area contributed by atoms with Crippen LogP contribution in [0.1, 0.15) is 39.0 Å². The first-order valence-electron chi connectivity index (χ1n) is 6.38. The largest absolute Gasteiger partial charge is 0.377 e. The van der Waals surface area contributed by atoms with E-state index in [9.17, 15) is 8.42 Å². The number of ether oxygens (including phenoxy) is 1. The van der Waals surface area contributed by atoms with Crippen LogP contribution in [0.4, 0.5) is 0 Å². The summed E-state index contributed by atoms with van der Waals surface area (Å²) in [6, 6.07) is 0. The lowest BCUT2D eigenvalue weighted by molar-refractivity contribution is 0.126. The molecule has 1 saturated carbocycles. The van der Waals surface area contributed by atoms with Crippen LogP contribution < -0.4 is 0 Å². The molecule has 17 heavy (non-hydrogen) atoms. The zero-order valence-electron chi connectivity index (χ0n) is 10.3. The lowest BCUT2D eigenvalue weighted by Crippen LogP contribution is -2.37. The fourth-order valence-electron chi connectivity index (χ4n) is 3.16. The molecule has 5 heteroatoms. The zero-order valence-corrected chi connectivity index (χ0v) is 12.7. The van der Waals surface area contributed by atoms with Crippen LogP contribution >= 0.6 is 15.9 Å². The first-order valence-corrected chi connectivity index (χ1v) is 9.22. The van der Waals surface area contributed by atoms with Gasteiger partial charge in [0.2, 0.25) is 0 Å². The standard InChI is InChI=1S/C12H21BrO3S/c1-10-11(4-7-16-10)17(14,15)9-12(8-13)5-2-3-6-12/h10-11H,2-9H2,1H3. The zero-order chi connectivity index (χ0) is 12.5. The number of sulfone groups is 1. The maximum absolute atomic E-state index is 12.5. The highest BCUT2D eigenvalue weighted by Crippen LogP contribution is 2.42. The minimum absolute atomic E-state index is 0.0128. The van der Waals surface area contributed by atoms with Crippen LogP contribution in [-0.4, -0.2) is 37.5 Å². The van der Waals surface area contributed by atoms with Gasteiger partial charge in [-0.05, 0) is 31.6 Å². The van der Waals surface area contributed by atoms with Crippen LogP contribution in [0.5, 0.6) is 0 Å². The molecule has 2 fully saturated rings. The molecule has 1 aliphatic heterocycles. The SMILES string of the molecule is CC1OCCC1S(=O)(=O)CC1(CBr)CCCC1. The maximum atomic E-state index is 12.5. The molecule has 1 saturated heterocycles. The van der Waals surface area contributed by atoms with E-state index in [1.807, 2.05) is 6.92 Å². The molecule has 100 valence electrons. The van der Waals surface area contributed by atoms with Gasteiger partial charge >= 0.3 is 0 Å². The van der Waals surface area contributed by atoms with Gasteiger partial charge in [-0.25, -0.2) is 8.42 Å². The molecule has 0 aromatic rings. The second kappa shape index (κ2) is 5.17. The van der Waals surface area contributed by atoms with Gasteiger partial charge in [0.1, 0.15) is 0 Å². The Balaban J connectivity index is 2.11. The fraction of sp³-hybridized carbons (Fsp3) is 1.00. The van der Waals surface area contributed by atoms with Crippen molar-refractivity contribution in [3.8, 4) is 0 Å². The van der Waals surface area contributed by atoms with Crippen LogP contribution in [0, 0.1) is 5.41 Å². The van der Waals surface area contributed by atoms with Crippen molar-refractivity contribution in [3.63, 3.8) is 0 Å². The third-order valence-electron chi connectivity index (χ3n) is 4.22. The number of halogens is 1. The molecule has 0 radical (unpaired) electrons. The first-order chi connectivity index (χ1) is 7.99. The molecule has 0 aromatic carbocycles. The van der Waals surface area contributed by atoms with Crippen molar-refractivity contribution < 1.29 is 13.2 Å². The van der Waals surface area contributed by atoms with Gasteiger partial charge in [0.05, 0.1) is 17.1 Å². The Morgan fingerprint density at radius 1 is 1.35 bits per heavy atom. The molecule has 0 bridgehead atoms. The van der Waals surface area contributed by atoms with Crippen molar-refractivity contribution in [1.29, 1.82) is 0 Å². The molecule has 3 nitrogen and oxygen atoms in total. The predicted octanol–water partition coefficient (Wildman–Crippen LogP) is 2.53. The monoisotopic (exact) mass is 324 g/mol. The summed E-state index contributed by atoms with van der Waals surface area (Å²) in [4.78, 5) is 0. The van der Waals surface area contributed by atoms with Crippen LogP contribution in [0.2, 0.25) is 0 Å². The number of rotatable bonds is 4. The van der Waals surface area contributed by atoms with Gasteiger partial charge in [-0.1, -0.05) is 28.8 Å². The summed E-state index contributed by atoms with van der Waals surface area (Å²) in [7, 11) is -3.02. The van der Waals surface area contributed by atoms with Gasteiger partial charge in [-0.2, -0.15) is 0 Å². The van der Waals surface area contributed by atoms with Crippen LogP contribution in [0.3, 0.4) is 0 Å². The molecular weight excluding hydrogens is 304 g/mol. The molecule has 0 N–H and O–H groups in total. The molecule has 2 aliphatic rings. The molecule has 1 heterocycles. The van der Waals surface area contributed by atoms with E-state index in [0.29, 0.717) is 18.8 Å². The Kier molecular flexibility index (Phi) is 4.20. The summed E-state index contributed by atoms with van der Waals surface area (Å²) in [5.74, 6) is 0.337. The van der Waals surface area contributed by atoms with Crippen molar-refractivity contribution in [1.82, 2.24) is 0 Å². The van der Waals surface area contributed by atoms with E-state index in [1.54, 1.807) is 0 Å². The van der Waals surface area contributed by atoms with Gasteiger partial charge in [0, 0.05) is 11.9 Å². The molecule has 2 rings (SSSR count). The molecule has 1 aliphatic carbocycles. The van der Waals surface area contributed by atoms with Crippen LogP contribution in [0.15, 0.2) is 0 Å². The summed E-state index contributed by atoms with van der Waals surface area (Å²) >= 11 is 3.51. The van der Waals surface area contributed by atoms with E-state index >= 15 is 0 Å². The Labute approximate surface area is 112 Å². The fourth-order valence-corrected chi connectivity index (χ4v) is 6.76. The van der Waals surface area contributed by atoms with Gasteiger partial charge in [-0.3, -0.25) is 0 Å². The third-order valence-corrected chi connectivity index (χ3v) is 7.97. The second-order valence-corrected chi connectivity index (χ2v) is 8.33. The van der Waals surface area contributed by atoms with Gasteiger partial charge in [-0.15, -0.1) is 0 Å². The maximum Gasteiger partial charge on any atom is 0.156 e. The van der Waals surface area contributed by atoms with Crippen molar-refractivity contribution >= 4 is 25.8 Å². The minimum atomic E-state index is -3.02. The summed E-state index contributed by atoms with van der Waals surface area (Å²) in [5, 5.41) is 0.528. The van der Waals surface area contributed by atoms with Crippen molar-refractivity contribution in [2.45, 2.75) is 50.4 Å². The van der Waals surface area contributed by atoms with E-state index in [1.165, 1.54) is 0 Å². The van der Waals surface area contributed by atoms with Gasteiger partial charge in [0.25, 0.3) is 0 Å². The third kappa shape index (κ3) is 2.87. The smallest absolute Gasteiger partial charge is 0.156 e. The van der Waals surface area contributed by atoms with Crippen molar-refractivity contribution in [2.75, 3.05) is 17.7 Å². The highest BCUT2D eigenvalue weighted by atomic mass is 79.9. The average molecular weight is 325 g/mol. The van der Waals surface area contributed by atoms with Crippen LogP contribution in [0.25, 0.3) is 0 Å². The normalized spacial score (nSPS) is 33.1. The molecule has 0 amide bonds. The summed E-state index contributed by atoms with van der Waals surface area (Å²) < 4.78 is 30.3.